The molecule has 1 aromatic rings. The minimum Gasteiger partial charge on any atom is -0.393 e. The maximum Gasteiger partial charge on any atom is 0.198 e. The first-order chi connectivity index (χ1) is 11.1. The van der Waals surface area contributed by atoms with E-state index >= 15 is 0 Å². The van der Waals surface area contributed by atoms with Crippen molar-refractivity contribution in [2.24, 2.45) is 11.0 Å². The summed E-state index contributed by atoms with van der Waals surface area (Å²) in [5, 5.41) is 26.5. The van der Waals surface area contributed by atoms with Gasteiger partial charge < -0.3 is 30.9 Å². The van der Waals surface area contributed by atoms with Gasteiger partial charge in [0.15, 0.2) is 17.4 Å². The van der Waals surface area contributed by atoms with Crippen LogP contribution in [0.5, 0.6) is 0 Å². The first kappa shape index (κ1) is 15.3. The molecule has 0 aliphatic carbocycles. The van der Waals surface area contributed by atoms with E-state index < -0.39 is 30.6 Å². The average Bonchev–Trinajstić information content (AvgIpc) is 3.09. The fourth-order valence-corrected chi connectivity index (χ4v) is 2.88. The van der Waals surface area contributed by atoms with Gasteiger partial charge in [0.05, 0.1) is 19.2 Å². The van der Waals surface area contributed by atoms with Crippen LogP contribution < -0.4 is 16.0 Å². The lowest BCUT2D eigenvalue weighted by molar-refractivity contribution is -0.106. The number of rotatable bonds is 4. The average molecular weight is 320 g/mol. The lowest BCUT2D eigenvalue weighted by Crippen LogP contribution is -2.42. The van der Waals surface area contributed by atoms with Crippen LogP contribution in [-0.4, -0.2) is 51.5 Å². The molecule has 5 N–H and O–H groups in total. The van der Waals surface area contributed by atoms with E-state index in [4.69, 9.17) is 16.0 Å². The molecule has 1 saturated heterocycles. The Morgan fingerprint density at radius 2 is 2.48 bits per heavy atom. The summed E-state index contributed by atoms with van der Waals surface area (Å²) in [5.74, 6) is 0.169. The summed E-state index contributed by atoms with van der Waals surface area (Å²) in [4.78, 5) is 12.4. The van der Waals surface area contributed by atoms with Crippen molar-refractivity contribution in [3.63, 3.8) is 0 Å². The molecule has 23 heavy (non-hydrogen) atoms. The molecular weight excluding hydrogens is 304 g/mol. The summed E-state index contributed by atoms with van der Waals surface area (Å²) < 4.78 is 5.73. The monoisotopic (exact) mass is 320 g/mol. The van der Waals surface area contributed by atoms with Crippen LogP contribution in [0, 0.1) is 5.92 Å². The zero-order valence-electron chi connectivity index (χ0n) is 12.1. The van der Waals surface area contributed by atoms with Crippen LogP contribution in [0.1, 0.15) is 0 Å². The number of anilines is 3. The van der Waals surface area contributed by atoms with Gasteiger partial charge in [-0.3, -0.25) is 0 Å². The van der Waals surface area contributed by atoms with E-state index in [0.29, 0.717) is 18.2 Å². The van der Waals surface area contributed by atoms with E-state index in [1.807, 2.05) is 0 Å². The highest BCUT2D eigenvalue weighted by atomic mass is 16.6. The van der Waals surface area contributed by atoms with Gasteiger partial charge in [0.25, 0.3) is 0 Å². The molecular formula is C12H16N8O3. The number of ether oxygens (including phenoxy) is 1. The Morgan fingerprint density at radius 3 is 3.13 bits per heavy atom. The number of aliphatic hydroxyl groups excluding tert-OH is 2. The van der Waals surface area contributed by atoms with Crippen molar-refractivity contribution >= 4 is 17.3 Å². The summed E-state index contributed by atoms with van der Waals surface area (Å²) >= 11 is 0. The summed E-state index contributed by atoms with van der Waals surface area (Å²) in [7, 11) is 0. The molecule has 122 valence electrons. The van der Waals surface area contributed by atoms with Gasteiger partial charge >= 0.3 is 0 Å². The normalized spacial score (nSPS) is 32.1. The smallest absolute Gasteiger partial charge is 0.198 e. The van der Waals surface area contributed by atoms with Gasteiger partial charge in [0.2, 0.25) is 0 Å². The van der Waals surface area contributed by atoms with Gasteiger partial charge in [-0.15, -0.1) is 6.58 Å². The molecule has 2 aliphatic heterocycles. The molecule has 0 bridgehead atoms. The molecule has 3 rings (SSSR count). The molecule has 0 spiro atoms. The van der Waals surface area contributed by atoms with E-state index in [0.717, 1.165) is 0 Å². The number of hydrogen-bond donors (Lipinski definition) is 4. The summed E-state index contributed by atoms with van der Waals surface area (Å²) in [6.45, 7) is 3.32. The summed E-state index contributed by atoms with van der Waals surface area (Å²) in [6.07, 6.45) is 0.800. The molecule has 11 nitrogen and oxygen atoms in total. The zero-order valence-corrected chi connectivity index (χ0v) is 12.1. The summed E-state index contributed by atoms with van der Waals surface area (Å²) in [6, 6.07) is 0. The first-order valence-electron chi connectivity index (χ1n) is 6.84. The zero-order chi connectivity index (χ0) is 16.6. The number of aromatic nitrogens is 2. The largest absolute Gasteiger partial charge is 0.393 e. The van der Waals surface area contributed by atoms with Gasteiger partial charge in [0.1, 0.15) is 24.3 Å². The second-order valence-electron chi connectivity index (χ2n) is 5.22. The van der Waals surface area contributed by atoms with Crippen molar-refractivity contribution in [3.8, 4) is 0 Å². The van der Waals surface area contributed by atoms with Crippen LogP contribution >= 0.6 is 0 Å². The summed E-state index contributed by atoms with van der Waals surface area (Å²) in [5.41, 5.74) is 13.3. The number of nitrogens with zero attached hydrogens (tertiary/aromatic N) is 6. The molecule has 0 aromatic carbocycles. The number of nitrogens with two attached hydrogens (primary N) is 1. The molecule has 11 heteroatoms. The van der Waals surface area contributed by atoms with Crippen LogP contribution in [0.2, 0.25) is 0 Å². The third kappa shape index (κ3) is 2.14. The van der Waals surface area contributed by atoms with Crippen LogP contribution in [0.4, 0.5) is 17.3 Å². The number of aliphatic hydroxyl groups is 2. The first-order valence-corrected chi connectivity index (χ1v) is 6.84. The van der Waals surface area contributed by atoms with Crippen LogP contribution in [0.3, 0.4) is 0 Å². The second kappa shape index (κ2) is 5.56. The Balaban J connectivity index is 2.00. The number of nitrogens with one attached hydrogen (secondary N) is 1. The van der Waals surface area contributed by atoms with Crippen molar-refractivity contribution in [2.45, 2.75) is 18.1 Å². The van der Waals surface area contributed by atoms with E-state index in [-0.39, 0.29) is 5.82 Å². The van der Waals surface area contributed by atoms with Gasteiger partial charge in [-0.05, 0) is 5.53 Å². The highest BCUT2D eigenvalue weighted by Gasteiger charge is 2.55. The topological polar surface area (TPSA) is 166 Å². The van der Waals surface area contributed by atoms with E-state index in [1.165, 1.54) is 12.4 Å². The number of hydrogen-bond acceptors (Lipinski definition) is 9. The minimum absolute atomic E-state index is 0.287. The lowest BCUT2D eigenvalue weighted by Gasteiger charge is -2.28. The molecule has 0 radical (unpaired) electrons. The lowest BCUT2D eigenvalue weighted by atomic mass is 9.96. The van der Waals surface area contributed by atoms with E-state index in [2.05, 4.69) is 31.9 Å². The van der Waals surface area contributed by atoms with Gasteiger partial charge in [-0.2, -0.15) is 0 Å². The Kier molecular flexibility index (Phi) is 3.70. The third-order valence-electron chi connectivity index (χ3n) is 4.06. The predicted molar refractivity (Wildman–Crippen MR) is 80.9 cm³/mol. The number of azide groups is 1. The van der Waals surface area contributed by atoms with Crippen molar-refractivity contribution in [1.82, 2.24) is 9.97 Å². The fraction of sp³-hybridized carbons (Fsp3) is 0.500. The van der Waals surface area contributed by atoms with Gasteiger partial charge in [0, 0.05) is 4.91 Å². The van der Waals surface area contributed by atoms with Crippen LogP contribution in [-0.2, 0) is 4.74 Å². The van der Waals surface area contributed by atoms with Gasteiger partial charge in [-0.1, -0.05) is 11.2 Å². The Bertz CT molecular complexity index is 678. The standard InChI is InChI=1S/C12H16N8O3/c1-2-6-8(22)12(3-21,18-19-14)23-11(6)20-5-17-7-9(13)15-4-16-10(7)20/h2,4,6,8,11,17,21-22H,1,3,5H2,(H2,13,15,16)/t6-,8-,11+,12+/m0/s1. The Hall–Kier alpha value is -2.59. The van der Waals surface area contributed by atoms with E-state index in [9.17, 15) is 10.2 Å². The maximum atomic E-state index is 10.4. The third-order valence-corrected chi connectivity index (χ3v) is 4.06. The van der Waals surface area contributed by atoms with Crippen LogP contribution in [0.15, 0.2) is 24.1 Å². The SMILES string of the molecule is C=C[C@@H]1[C@H](N2CNc3c(N)ncnc32)O[C@@](CO)(N=[N+]=[N-])[C@H]1O. The molecule has 0 unspecified atom stereocenters. The molecule has 2 aliphatic rings. The molecule has 0 saturated carbocycles. The molecule has 4 atom stereocenters. The number of fused-ring (bicyclic) bond motifs is 1. The highest BCUT2D eigenvalue weighted by molar-refractivity contribution is 5.80. The maximum absolute atomic E-state index is 10.4. The Labute approximate surface area is 131 Å². The molecule has 0 amide bonds. The predicted octanol–water partition coefficient (Wildman–Crippen LogP) is -0.234. The van der Waals surface area contributed by atoms with Crippen molar-refractivity contribution in [3.05, 3.63) is 29.4 Å². The van der Waals surface area contributed by atoms with E-state index in [1.54, 1.807) is 4.90 Å². The molecule has 1 fully saturated rings. The van der Waals surface area contributed by atoms with Gasteiger partial charge in [-0.25, -0.2) is 9.97 Å². The van der Waals surface area contributed by atoms with Crippen molar-refractivity contribution in [2.75, 3.05) is 29.2 Å². The second-order valence-corrected chi connectivity index (χ2v) is 5.22. The molecule has 1 aromatic heterocycles. The van der Waals surface area contributed by atoms with Crippen LogP contribution in [0.25, 0.3) is 10.4 Å². The fourth-order valence-electron chi connectivity index (χ4n) is 2.88. The van der Waals surface area contributed by atoms with Crippen molar-refractivity contribution in [1.29, 1.82) is 0 Å². The number of nitrogen functional groups attached to an aromatic ring is 1. The minimum atomic E-state index is -1.78. The highest BCUT2D eigenvalue weighted by Crippen LogP contribution is 2.43. The van der Waals surface area contributed by atoms with Crippen molar-refractivity contribution < 1.29 is 14.9 Å². The quantitative estimate of drug-likeness (QED) is 0.255. The molecule has 3 heterocycles. The Morgan fingerprint density at radius 1 is 1.70 bits per heavy atom.